The van der Waals surface area contributed by atoms with Crippen LogP contribution in [0.5, 0.6) is 0 Å². The summed E-state index contributed by atoms with van der Waals surface area (Å²) < 4.78 is 17.8. The topological polar surface area (TPSA) is 51.9 Å². The molecule has 3 aromatic carbocycles. The van der Waals surface area contributed by atoms with Gasteiger partial charge in [0.05, 0.1) is 5.69 Å². The second-order valence-corrected chi connectivity index (χ2v) is 9.17. The number of hydrogen-bond donors (Lipinski definition) is 1. The zero-order valence-corrected chi connectivity index (χ0v) is 19.3. The molecule has 8 heteroatoms. The van der Waals surface area contributed by atoms with Crippen molar-refractivity contribution in [3.8, 4) is 11.4 Å². The van der Waals surface area contributed by atoms with Crippen molar-refractivity contribution in [2.75, 3.05) is 5.32 Å². The van der Waals surface area contributed by atoms with Crippen molar-refractivity contribution in [3.05, 3.63) is 110 Å². The van der Waals surface area contributed by atoms with E-state index in [2.05, 4.69) is 5.32 Å². The Bertz CT molecular complexity index is 1570. The lowest BCUT2D eigenvalue weighted by molar-refractivity contribution is 0.627. The summed E-state index contributed by atoms with van der Waals surface area (Å²) in [5, 5.41) is 3.32. The summed E-state index contributed by atoms with van der Waals surface area (Å²) >= 11 is 6.81. The molecule has 0 aliphatic heterocycles. The van der Waals surface area contributed by atoms with Crippen molar-refractivity contribution in [2.24, 2.45) is 0 Å². The molecule has 164 valence electrons. The fourth-order valence-corrected chi connectivity index (χ4v) is 5.00. The molecule has 0 amide bonds. The van der Waals surface area contributed by atoms with Crippen LogP contribution in [0.4, 0.5) is 10.3 Å². The predicted octanol–water partition coefficient (Wildman–Crippen LogP) is 6.03. The molecule has 0 fully saturated rings. The molecule has 5 aromatic rings. The number of hydrogen-bond acceptors (Lipinski definition) is 5. The van der Waals surface area contributed by atoms with Crippen LogP contribution in [-0.4, -0.2) is 14.1 Å². The van der Waals surface area contributed by atoms with E-state index >= 15 is 0 Å². The molecule has 1 N–H and O–H groups in total. The van der Waals surface area contributed by atoms with Crippen LogP contribution in [0, 0.1) is 16.7 Å². The van der Waals surface area contributed by atoms with E-state index in [9.17, 15) is 9.18 Å². The van der Waals surface area contributed by atoms with Crippen molar-refractivity contribution in [1.82, 2.24) is 14.1 Å². The Balaban J connectivity index is 1.73. The number of anilines is 1. The van der Waals surface area contributed by atoms with E-state index in [1.807, 2.05) is 66.1 Å². The first-order valence-corrected chi connectivity index (χ1v) is 11.5. The lowest BCUT2D eigenvalue weighted by Gasteiger charge is -2.15. The molecule has 0 aliphatic carbocycles. The largest absolute Gasteiger partial charge is 0.351 e. The standard InChI is InChI=1S/C25H19FN4OS2/c1-16-7-5-6-8-17(16)15-27-24-28-22-21(23(31)30(24)20-13-11-18(26)12-14-20)33-25(32)29(22)19-9-3-2-4-10-19/h2-14H,15H2,1H3,(H,27,28). The molecule has 5 nitrogen and oxygen atoms in total. The minimum absolute atomic E-state index is 0.260. The van der Waals surface area contributed by atoms with Gasteiger partial charge in [0.2, 0.25) is 5.95 Å². The summed E-state index contributed by atoms with van der Waals surface area (Å²) in [6, 6.07) is 23.4. The smallest absolute Gasteiger partial charge is 0.279 e. The fraction of sp³-hybridized carbons (Fsp3) is 0.0800. The highest BCUT2D eigenvalue weighted by molar-refractivity contribution is 7.73. The van der Waals surface area contributed by atoms with Gasteiger partial charge in [-0.1, -0.05) is 53.8 Å². The number of nitrogens with one attached hydrogen (secondary N) is 1. The zero-order valence-electron chi connectivity index (χ0n) is 17.7. The third kappa shape index (κ3) is 3.99. The lowest BCUT2D eigenvalue weighted by Crippen LogP contribution is -2.23. The molecule has 5 rings (SSSR count). The maximum absolute atomic E-state index is 13.6. The molecule has 0 aliphatic rings. The number of thiazole rings is 1. The van der Waals surface area contributed by atoms with Gasteiger partial charge in [-0.3, -0.25) is 9.36 Å². The highest BCUT2D eigenvalue weighted by Gasteiger charge is 2.19. The fourth-order valence-electron chi connectivity index (χ4n) is 3.69. The van der Waals surface area contributed by atoms with Crippen LogP contribution in [-0.2, 0) is 6.54 Å². The Morgan fingerprint density at radius 2 is 1.61 bits per heavy atom. The van der Waals surface area contributed by atoms with Crippen molar-refractivity contribution in [2.45, 2.75) is 13.5 Å². The first kappa shape index (κ1) is 21.2. The number of rotatable bonds is 5. The molecule has 0 bridgehead atoms. The molecule has 0 atom stereocenters. The summed E-state index contributed by atoms with van der Waals surface area (Å²) in [6.45, 7) is 2.51. The number of nitrogens with zero attached hydrogens (tertiary/aromatic N) is 3. The van der Waals surface area contributed by atoms with Crippen molar-refractivity contribution < 1.29 is 4.39 Å². The molecule has 0 radical (unpaired) electrons. The Labute approximate surface area is 198 Å². The van der Waals surface area contributed by atoms with Gasteiger partial charge in [0.1, 0.15) is 10.5 Å². The second kappa shape index (κ2) is 8.73. The highest BCUT2D eigenvalue weighted by Crippen LogP contribution is 2.26. The van der Waals surface area contributed by atoms with Crippen LogP contribution in [0.1, 0.15) is 11.1 Å². The predicted molar refractivity (Wildman–Crippen MR) is 134 cm³/mol. The van der Waals surface area contributed by atoms with Crippen molar-refractivity contribution in [3.63, 3.8) is 0 Å². The van der Waals surface area contributed by atoms with Gasteiger partial charge >= 0.3 is 0 Å². The summed E-state index contributed by atoms with van der Waals surface area (Å²) in [4.78, 5) is 18.5. The summed E-state index contributed by atoms with van der Waals surface area (Å²) in [5.41, 5.74) is 3.81. The molecule has 0 saturated heterocycles. The van der Waals surface area contributed by atoms with E-state index in [4.69, 9.17) is 17.2 Å². The molecule has 2 heterocycles. The summed E-state index contributed by atoms with van der Waals surface area (Å²) in [6.07, 6.45) is 0. The zero-order chi connectivity index (χ0) is 22.9. The van der Waals surface area contributed by atoms with Crippen molar-refractivity contribution in [1.29, 1.82) is 0 Å². The first-order chi connectivity index (χ1) is 16.0. The second-order valence-electron chi connectivity index (χ2n) is 7.52. The molecule has 0 spiro atoms. The summed E-state index contributed by atoms with van der Waals surface area (Å²) in [5.74, 6) is -0.0130. The maximum atomic E-state index is 13.6. The van der Waals surface area contributed by atoms with E-state index in [-0.39, 0.29) is 11.4 Å². The lowest BCUT2D eigenvalue weighted by atomic mass is 10.1. The van der Waals surface area contributed by atoms with Gasteiger partial charge in [0.15, 0.2) is 9.60 Å². The van der Waals surface area contributed by atoms with E-state index < -0.39 is 0 Å². The van der Waals surface area contributed by atoms with Crippen LogP contribution in [0.3, 0.4) is 0 Å². The quantitative estimate of drug-likeness (QED) is 0.316. The molecule has 0 unspecified atom stereocenters. The van der Waals surface area contributed by atoms with E-state index in [1.165, 1.54) is 28.0 Å². The van der Waals surface area contributed by atoms with Crippen LogP contribution in [0.15, 0.2) is 83.7 Å². The SMILES string of the molecule is Cc1ccccc1CNc1nc2c(sc(=S)n2-c2ccccc2)c(=O)n1-c1ccc(F)cc1. The van der Waals surface area contributed by atoms with Gasteiger partial charge in [0, 0.05) is 12.2 Å². The third-order valence-electron chi connectivity index (χ3n) is 5.41. The monoisotopic (exact) mass is 474 g/mol. The number of para-hydroxylation sites is 1. The Morgan fingerprint density at radius 3 is 2.33 bits per heavy atom. The molecule has 2 aromatic heterocycles. The molecule has 0 saturated carbocycles. The highest BCUT2D eigenvalue weighted by atomic mass is 32.1. The number of aryl methyl sites for hydroxylation is 1. The van der Waals surface area contributed by atoms with Crippen LogP contribution in [0.2, 0.25) is 0 Å². The normalized spacial score (nSPS) is 11.1. The maximum Gasteiger partial charge on any atom is 0.279 e. The number of aromatic nitrogens is 3. The minimum Gasteiger partial charge on any atom is -0.351 e. The average Bonchev–Trinajstić information content (AvgIpc) is 3.16. The van der Waals surface area contributed by atoms with Crippen molar-refractivity contribution >= 4 is 39.9 Å². The minimum atomic E-state index is -0.374. The van der Waals surface area contributed by atoms with Gasteiger partial charge in [0.25, 0.3) is 5.56 Å². The molecule has 33 heavy (non-hydrogen) atoms. The van der Waals surface area contributed by atoms with Gasteiger partial charge < -0.3 is 5.32 Å². The average molecular weight is 475 g/mol. The van der Waals surface area contributed by atoms with E-state index in [1.54, 1.807) is 12.1 Å². The third-order valence-corrected chi connectivity index (χ3v) is 6.76. The number of benzene rings is 3. The van der Waals surface area contributed by atoms with Gasteiger partial charge in [-0.2, -0.15) is 4.98 Å². The number of fused-ring (bicyclic) bond motifs is 1. The van der Waals surface area contributed by atoms with Crippen LogP contribution in [0.25, 0.3) is 21.7 Å². The number of halogens is 1. The van der Waals surface area contributed by atoms with Crippen LogP contribution >= 0.6 is 23.6 Å². The van der Waals surface area contributed by atoms with E-state index in [0.29, 0.717) is 32.5 Å². The van der Waals surface area contributed by atoms with E-state index in [0.717, 1.165) is 16.8 Å². The first-order valence-electron chi connectivity index (χ1n) is 10.3. The Kier molecular flexibility index (Phi) is 5.62. The summed E-state index contributed by atoms with van der Waals surface area (Å²) in [7, 11) is 0. The van der Waals surface area contributed by atoms with Gasteiger partial charge in [-0.25, -0.2) is 8.96 Å². The van der Waals surface area contributed by atoms with Gasteiger partial charge in [-0.05, 0) is 66.7 Å². The molecular weight excluding hydrogens is 455 g/mol. The Hall–Kier alpha value is -3.62. The van der Waals surface area contributed by atoms with Crippen LogP contribution < -0.4 is 10.9 Å². The Morgan fingerprint density at radius 1 is 0.939 bits per heavy atom. The van der Waals surface area contributed by atoms with Gasteiger partial charge in [-0.15, -0.1) is 0 Å². The molecular formula is C25H19FN4OS2.